The van der Waals surface area contributed by atoms with Gasteiger partial charge in [0.1, 0.15) is 6.04 Å². The van der Waals surface area contributed by atoms with Crippen LogP contribution in [0.25, 0.3) is 11.1 Å². The Bertz CT molecular complexity index is 680. The van der Waals surface area contributed by atoms with Crippen molar-refractivity contribution in [3.63, 3.8) is 0 Å². The number of carbonyl (C=O) groups is 2. The van der Waals surface area contributed by atoms with Gasteiger partial charge in [-0.1, -0.05) is 75.1 Å². The molecule has 0 saturated heterocycles. The molecule has 0 radical (unpaired) electrons. The summed E-state index contributed by atoms with van der Waals surface area (Å²) in [5.74, 6) is -1.33. The summed E-state index contributed by atoms with van der Waals surface area (Å²) in [6.07, 6.45) is 4.43. The first-order chi connectivity index (χ1) is 12.1. The summed E-state index contributed by atoms with van der Waals surface area (Å²) in [5.41, 5.74) is 2.57. The maximum atomic E-state index is 12.3. The Balaban J connectivity index is 1.97. The summed E-state index contributed by atoms with van der Waals surface area (Å²) in [7, 11) is 0. The van der Waals surface area contributed by atoms with Crippen molar-refractivity contribution in [2.45, 2.75) is 45.1 Å². The van der Waals surface area contributed by atoms with E-state index >= 15 is 0 Å². The summed E-state index contributed by atoms with van der Waals surface area (Å²) < 4.78 is 0. The second-order valence-electron chi connectivity index (χ2n) is 6.16. The fourth-order valence-electron chi connectivity index (χ4n) is 2.72. The fourth-order valence-corrected chi connectivity index (χ4v) is 2.72. The van der Waals surface area contributed by atoms with Gasteiger partial charge in [0.25, 0.3) is 5.91 Å². The molecule has 2 N–H and O–H groups in total. The zero-order valence-electron chi connectivity index (χ0n) is 14.6. The first-order valence-electron chi connectivity index (χ1n) is 8.81. The number of carboxylic acids is 1. The molecule has 2 rings (SSSR count). The number of carbonyl (C=O) groups excluding carboxylic acids is 1. The normalized spacial score (nSPS) is 11.7. The number of hydrogen-bond donors (Lipinski definition) is 2. The quantitative estimate of drug-likeness (QED) is 0.661. The number of hydrogen-bond acceptors (Lipinski definition) is 2. The van der Waals surface area contributed by atoms with Gasteiger partial charge in [0, 0.05) is 5.56 Å². The highest BCUT2D eigenvalue weighted by Crippen LogP contribution is 2.19. The average Bonchev–Trinajstić information content (AvgIpc) is 2.64. The fraction of sp³-hybridized carbons (Fsp3) is 0.333. The van der Waals surface area contributed by atoms with Crippen LogP contribution in [0.4, 0.5) is 0 Å². The Morgan fingerprint density at radius 2 is 1.56 bits per heavy atom. The predicted octanol–water partition coefficient (Wildman–Crippen LogP) is 4.51. The van der Waals surface area contributed by atoms with Crippen molar-refractivity contribution in [3.8, 4) is 11.1 Å². The molecular weight excluding hydrogens is 314 g/mol. The Kier molecular flexibility index (Phi) is 7.20. The summed E-state index contributed by atoms with van der Waals surface area (Å²) in [6.45, 7) is 2.11. The molecule has 2 aromatic carbocycles. The monoisotopic (exact) mass is 339 g/mol. The van der Waals surface area contributed by atoms with E-state index in [0.29, 0.717) is 12.0 Å². The number of nitrogens with one attached hydrogen (secondary N) is 1. The van der Waals surface area contributed by atoms with Crippen LogP contribution in [0, 0.1) is 0 Å². The second kappa shape index (κ2) is 9.62. The van der Waals surface area contributed by atoms with Crippen LogP contribution in [0.2, 0.25) is 0 Å². The van der Waals surface area contributed by atoms with Gasteiger partial charge in [-0.05, 0) is 29.7 Å². The molecule has 0 aliphatic rings. The molecule has 1 atom stereocenters. The molecule has 0 unspecified atom stereocenters. The Morgan fingerprint density at radius 3 is 2.16 bits per heavy atom. The minimum absolute atomic E-state index is 0.345. The van der Waals surface area contributed by atoms with Gasteiger partial charge in [0.15, 0.2) is 0 Å². The molecule has 0 aliphatic heterocycles. The molecule has 4 heteroatoms. The average molecular weight is 339 g/mol. The molecule has 0 spiro atoms. The van der Waals surface area contributed by atoms with E-state index in [1.165, 1.54) is 0 Å². The zero-order valence-corrected chi connectivity index (χ0v) is 14.6. The smallest absolute Gasteiger partial charge is 0.326 e. The number of carboxylic acid groups (broad SMARTS) is 1. The van der Waals surface area contributed by atoms with E-state index in [9.17, 15) is 14.7 Å². The van der Waals surface area contributed by atoms with Gasteiger partial charge < -0.3 is 10.4 Å². The van der Waals surface area contributed by atoms with Crippen LogP contribution in [-0.2, 0) is 4.79 Å². The first kappa shape index (κ1) is 18.7. The third-order valence-electron chi connectivity index (χ3n) is 4.20. The minimum atomic E-state index is -0.981. The van der Waals surface area contributed by atoms with Gasteiger partial charge in [0.2, 0.25) is 0 Å². The standard InChI is InChI=1S/C21H25NO3/c1-2-3-4-8-11-19(21(24)25)22-20(23)18-14-12-17(13-15-18)16-9-6-5-7-10-16/h5-7,9-10,12-15,19H,2-4,8,11H2,1H3,(H,22,23)(H,24,25)/t19-/m1/s1. The van der Waals surface area contributed by atoms with Crippen molar-refractivity contribution >= 4 is 11.9 Å². The number of benzene rings is 2. The van der Waals surface area contributed by atoms with E-state index in [2.05, 4.69) is 12.2 Å². The summed E-state index contributed by atoms with van der Waals surface area (Å²) in [6, 6.07) is 16.3. The maximum Gasteiger partial charge on any atom is 0.326 e. The van der Waals surface area contributed by atoms with Crippen LogP contribution in [0.15, 0.2) is 54.6 Å². The summed E-state index contributed by atoms with van der Waals surface area (Å²) in [5, 5.41) is 11.9. The van der Waals surface area contributed by atoms with Crippen LogP contribution in [0.1, 0.15) is 49.4 Å². The van der Waals surface area contributed by atoms with Crippen molar-refractivity contribution in [1.82, 2.24) is 5.32 Å². The number of aliphatic carboxylic acids is 1. The van der Waals surface area contributed by atoms with Gasteiger partial charge in [-0.25, -0.2) is 4.79 Å². The lowest BCUT2D eigenvalue weighted by Crippen LogP contribution is -2.40. The van der Waals surface area contributed by atoms with Crippen molar-refractivity contribution in [3.05, 3.63) is 60.2 Å². The Labute approximate surface area is 148 Å². The van der Waals surface area contributed by atoms with Gasteiger partial charge in [-0.2, -0.15) is 0 Å². The van der Waals surface area contributed by atoms with Gasteiger partial charge in [0.05, 0.1) is 0 Å². The lowest BCUT2D eigenvalue weighted by atomic mass is 10.0. The highest BCUT2D eigenvalue weighted by atomic mass is 16.4. The molecule has 2 aromatic rings. The number of amides is 1. The minimum Gasteiger partial charge on any atom is -0.480 e. The molecule has 0 aromatic heterocycles. The predicted molar refractivity (Wildman–Crippen MR) is 99.5 cm³/mol. The summed E-state index contributed by atoms with van der Waals surface area (Å²) >= 11 is 0. The molecule has 0 bridgehead atoms. The third-order valence-corrected chi connectivity index (χ3v) is 4.20. The maximum absolute atomic E-state index is 12.3. The molecule has 25 heavy (non-hydrogen) atoms. The van der Waals surface area contributed by atoms with Gasteiger partial charge in [-0.15, -0.1) is 0 Å². The molecule has 0 aliphatic carbocycles. The van der Waals surface area contributed by atoms with Crippen molar-refractivity contribution < 1.29 is 14.7 Å². The Hall–Kier alpha value is -2.62. The Morgan fingerprint density at radius 1 is 0.920 bits per heavy atom. The lowest BCUT2D eigenvalue weighted by Gasteiger charge is -2.14. The molecule has 0 fully saturated rings. The third kappa shape index (κ3) is 5.75. The molecular formula is C21H25NO3. The molecule has 1 amide bonds. The van der Waals surface area contributed by atoms with Crippen LogP contribution < -0.4 is 5.32 Å². The van der Waals surface area contributed by atoms with E-state index in [1.54, 1.807) is 12.1 Å². The van der Waals surface area contributed by atoms with Crippen LogP contribution in [-0.4, -0.2) is 23.0 Å². The molecule has 0 saturated carbocycles. The van der Waals surface area contributed by atoms with E-state index < -0.39 is 12.0 Å². The molecule has 4 nitrogen and oxygen atoms in total. The van der Waals surface area contributed by atoms with Crippen molar-refractivity contribution in [2.75, 3.05) is 0 Å². The SMILES string of the molecule is CCCCCC[C@@H](NC(=O)c1ccc(-c2ccccc2)cc1)C(=O)O. The zero-order chi connectivity index (χ0) is 18.1. The van der Waals surface area contributed by atoms with Crippen LogP contribution in [0.3, 0.4) is 0 Å². The highest BCUT2D eigenvalue weighted by Gasteiger charge is 2.20. The second-order valence-corrected chi connectivity index (χ2v) is 6.16. The van der Waals surface area contributed by atoms with E-state index in [-0.39, 0.29) is 5.91 Å². The van der Waals surface area contributed by atoms with Crippen LogP contribution in [0.5, 0.6) is 0 Å². The van der Waals surface area contributed by atoms with Gasteiger partial charge in [-0.3, -0.25) is 4.79 Å². The number of unbranched alkanes of at least 4 members (excludes halogenated alkanes) is 3. The summed E-state index contributed by atoms with van der Waals surface area (Å²) in [4.78, 5) is 23.7. The first-order valence-corrected chi connectivity index (χ1v) is 8.81. The van der Waals surface area contributed by atoms with E-state index in [0.717, 1.165) is 36.8 Å². The van der Waals surface area contributed by atoms with E-state index in [4.69, 9.17) is 0 Å². The van der Waals surface area contributed by atoms with Gasteiger partial charge >= 0.3 is 5.97 Å². The lowest BCUT2D eigenvalue weighted by molar-refractivity contribution is -0.139. The highest BCUT2D eigenvalue weighted by molar-refractivity contribution is 5.97. The topological polar surface area (TPSA) is 66.4 Å². The largest absolute Gasteiger partial charge is 0.480 e. The molecule has 0 heterocycles. The number of rotatable bonds is 9. The molecule has 132 valence electrons. The van der Waals surface area contributed by atoms with Crippen molar-refractivity contribution in [1.29, 1.82) is 0 Å². The van der Waals surface area contributed by atoms with E-state index in [1.807, 2.05) is 42.5 Å². The van der Waals surface area contributed by atoms with Crippen molar-refractivity contribution in [2.24, 2.45) is 0 Å². The van der Waals surface area contributed by atoms with Crippen LogP contribution >= 0.6 is 0 Å².